The van der Waals surface area contributed by atoms with E-state index in [2.05, 4.69) is 5.32 Å². The highest BCUT2D eigenvalue weighted by Crippen LogP contribution is 2.26. The van der Waals surface area contributed by atoms with Crippen LogP contribution >= 0.6 is 0 Å². The maximum Gasteiger partial charge on any atom is 0.251 e. The first-order valence-corrected chi connectivity index (χ1v) is 10.6. The minimum atomic E-state index is -3.77. The molecular weight excluding hydrogens is 338 g/mol. The molecule has 0 radical (unpaired) electrons. The molecule has 1 atom stereocenters. The summed E-state index contributed by atoms with van der Waals surface area (Å²) in [5.74, 6) is -0.830. The lowest BCUT2D eigenvalue weighted by atomic mass is 10.1. The molecule has 1 aromatic rings. The van der Waals surface area contributed by atoms with Crippen molar-refractivity contribution in [3.8, 4) is 0 Å². The minimum Gasteiger partial charge on any atom is -0.347 e. The lowest BCUT2D eigenvalue weighted by Crippen LogP contribution is -2.40. The van der Waals surface area contributed by atoms with Crippen LogP contribution in [0.2, 0.25) is 0 Å². The summed E-state index contributed by atoms with van der Waals surface area (Å²) in [6.07, 6.45) is 0.100. The Kier molecular flexibility index (Phi) is 4.60. The van der Waals surface area contributed by atoms with E-state index < -0.39 is 30.5 Å². The number of benzene rings is 1. The highest BCUT2D eigenvalue weighted by Gasteiger charge is 2.38. The van der Waals surface area contributed by atoms with E-state index in [-0.39, 0.29) is 34.3 Å². The van der Waals surface area contributed by atoms with Crippen molar-refractivity contribution < 1.29 is 21.6 Å². The van der Waals surface area contributed by atoms with E-state index in [9.17, 15) is 21.6 Å². The van der Waals surface area contributed by atoms with Crippen LogP contribution in [0.4, 0.5) is 0 Å². The first-order valence-electron chi connectivity index (χ1n) is 7.28. The van der Waals surface area contributed by atoms with Crippen LogP contribution in [0.3, 0.4) is 0 Å². The molecule has 0 unspecified atom stereocenters. The number of sulfone groups is 2. The van der Waals surface area contributed by atoms with E-state index in [1.807, 2.05) is 20.8 Å². The fraction of sp³-hybridized carbons (Fsp3) is 0.533. The van der Waals surface area contributed by atoms with Gasteiger partial charge in [0.1, 0.15) is 0 Å². The molecule has 0 aliphatic carbocycles. The van der Waals surface area contributed by atoms with Crippen molar-refractivity contribution in [1.29, 1.82) is 0 Å². The van der Waals surface area contributed by atoms with E-state index in [0.29, 0.717) is 0 Å². The van der Waals surface area contributed by atoms with Gasteiger partial charge in [-0.15, -0.1) is 0 Å². The van der Waals surface area contributed by atoms with Gasteiger partial charge in [-0.3, -0.25) is 4.79 Å². The Labute approximate surface area is 137 Å². The van der Waals surface area contributed by atoms with Crippen molar-refractivity contribution in [1.82, 2.24) is 5.32 Å². The van der Waals surface area contributed by atoms with Crippen LogP contribution in [-0.4, -0.2) is 45.0 Å². The zero-order chi connectivity index (χ0) is 17.5. The number of nitrogens with one attached hydrogen (secondary N) is 1. The van der Waals surface area contributed by atoms with Crippen molar-refractivity contribution in [2.24, 2.45) is 0 Å². The van der Waals surface area contributed by atoms with Crippen molar-refractivity contribution in [3.63, 3.8) is 0 Å². The van der Waals surface area contributed by atoms with Crippen LogP contribution in [0.25, 0.3) is 0 Å². The third kappa shape index (κ3) is 4.32. The van der Waals surface area contributed by atoms with E-state index in [0.717, 1.165) is 0 Å². The highest BCUT2D eigenvalue weighted by molar-refractivity contribution is 7.96. The van der Waals surface area contributed by atoms with Gasteiger partial charge in [-0.25, -0.2) is 16.8 Å². The number of rotatable bonds is 3. The van der Waals surface area contributed by atoms with Gasteiger partial charge in [0.2, 0.25) is 0 Å². The largest absolute Gasteiger partial charge is 0.347 e. The third-order valence-electron chi connectivity index (χ3n) is 3.54. The molecular formula is C15H21NO5S2. The quantitative estimate of drug-likeness (QED) is 0.874. The number of amides is 1. The molecule has 128 valence electrons. The average Bonchev–Trinajstić information content (AvgIpc) is 2.78. The molecule has 6 nitrogen and oxygen atoms in total. The van der Waals surface area contributed by atoms with Gasteiger partial charge in [0.25, 0.3) is 5.91 Å². The van der Waals surface area contributed by atoms with Crippen LogP contribution in [0.5, 0.6) is 0 Å². The maximum atomic E-state index is 12.6. The van der Waals surface area contributed by atoms with Gasteiger partial charge in [-0.05, 0) is 45.4 Å². The van der Waals surface area contributed by atoms with Crippen molar-refractivity contribution >= 4 is 25.6 Å². The van der Waals surface area contributed by atoms with Crippen molar-refractivity contribution in [2.75, 3.05) is 11.5 Å². The topological polar surface area (TPSA) is 97.4 Å². The summed E-state index contributed by atoms with van der Waals surface area (Å²) in [5.41, 5.74) is -0.201. The molecule has 2 rings (SSSR count). The van der Waals surface area contributed by atoms with Crippen LogP contribution in [0.15, 0.2) is 29.2 Å². The fourth-order valence-electron chi connectivity index (χ4n) is 2.43. The Morgan fingerprint density at radius 3 is 2.43 bits per heavy atom. The molecule has 1 saturated heterocycles. The molecule has 1 aromatic carbocycles. The Hall–Kier alpha value is -1.41. The zero-order valence-electron chi connectivity index (χ0n) is 13.4. The van der Waals surface area contributed by atoms with E-state index >= 15 is 0 Å². The Morgan fingerprint density at radius 2 is 1.91 bits per heavy atom. The van der Waals surface area contributed by atoms with Gasteiger partial charge >= 0.3 is 0 Å². The molecule has 1 heterocycles. The fourth-order valence-corrected chi connectivity index (χ4v) is 6.83. The molecule has 23 heavy (non-hydrogen) atoms. The summed E-state index contributed by atoms with van der Waals surface area (Å²) < 4.78 is 48.2. The van der Waals surface area contributed by atoms with Gasteiger partial charge in [-0.2, -0.15) is 0 Å². The average molecular weight is 359 g/mol. The van der Waals surface area contributed by atoms with E-state index in [4.69, 9.17) is 0 Å². The number of carbonyl (C=O) groups excluding carboxylic acids is 1. The third-order valence-corrected chi connectivity index (χ3v) is 7.71. The predicted molar refractivity (Wildman–Crippen MR) is 87.9 cm³/mol. The SMILES string of the molecule is CC(C)(C)NC(=O)c1cccc(S(=O)(=O)[C@@H]2CCS(=O)(=O)C2)c1. The van der Waals surface area contributed by atoms with Crippen LogP contribution in [-0.2, 0) is 19.7 Å². The highest BCUT2D eigenvalue weighted by atomic mass is 32.2. The first-order chi connectivity index (χ1) is 10.4. The summed E-state index contributed by atoms with van der Waals surface area (Å²) in [6.45, 7) is 5.48. The van der Waals surface area contributed by atoms with Crippen LogP contribution in [0.1, 0.15) is 37.6 Å². The van der Waals surface area contributed by atoms with Crippen LogP contribution in [0, 0.1) is 0 Å². The smallest absolute Gasteiger partial charge is 0.251 e. The lowest BCUT2D eigenvalue weighted by Gasteiger charge is -2.20. The van der Waals surface area contributed by atoms with E-state index in [1.165, 1.54) is 24.3 Å². The summed E-state index contributed by atoms with van der Waals surface area (Å²) >= 11 is 0. The normalized spacial score (nSPS) is 21.1. The second kappa shape index (κ2) is 5.90. The van der Waals surface area contributed by atoms with Gasteiger partial charge < -0.3 is 5.32 Å². The summed E-state index contributed by atoms with van der Waals surface area (Å²) in [6, 6.07) is 5.73. The second-order valence-electron chi connectivity index (χ2n) is 6.80. The van der Waals surface area contributed by atoms with E-state index in [1.54, 1.807) is 0 Å². The Morgan fingerprint density at radius 1 is 1.26 bits per heavy atom. The molecule has 8 heteroatoms. The minimum absolute atomic E-state index is 0.0128. The molecule has 1 aliphatic heterocycles. The van der Waals surface area contributed by atoms with Gasteiger partial charge in [0.15, 0.2) is 19.7 Å². The second-order valence-corrected chi connectivity index (χ2v) is 11.3. The summed E-state index contributed by atoms with van der Waals surface area (Å²) in [5, 5.41) is 1.83. The predicted octanol–water partition coefficient (Wildman–Crippen LogP) is 1.18. The summed E-state index contributed by atoms with van der Waals surface area (Å²) in [7, 11) is -7.06. The standard InChI is InChI=1S/C15H21NO5S2/c1-15(2,3)16-14(17)11-5-4-6-12(9-11)23(20,21)13-7-8-22(18,19)10-13/h4-6,9,13H,7-8,10H2,1-3H3,(H,16,17)/t13-/m1/s1. The molecule has 0 saturated carbocycles. The Bertz CT molecular complexity index is 820. The lowest BCUT2D eigenvalue weighted by molar-refractivity contribution is 0.0919. The number of carbonyl (C=O) groups is 1. The molecule has 1 amide bonds. The first kappa shape index (κ1) is 17.9. The van der Waals surface area contributed by atoms with Gasteiger partial charge in [0, 0.05) is 11.1 Å². The zero-order valence-corrected chi connectivity index (χ0v) is 15.0. The molecule has 0 spiro atoms. The molecule has 0 aromatic heterocycles. The number of hydrogen-bond donors (Lipinski definition) is 1. The monoisotopic (exact) mass is 359 g/mol. The Balaban J connectivity index is 2.31. The summed E-state index contributed by atoms with van der Waals surface area (Å²) in [4.78, 5) is 12.1. The number of hydrogen-bond acceptors (Lipinski definition) is 5. The van der Waals surface area contributed by atoms with Gasteiger partial charge in [-0.1, -0.05) is 6.07 Å². The van der Waals surface area contributed by atoms with Crippen molar-refractivity contribution in [3.05, 3.63) is 29.8 Å². The molecule has 1 N–H and O–H groups in total. The van der Waals surface area contributed by atoms with Gasteiger partial charge in [0.05, 0.1) is 21.7 Å². The molecule has 1 fully saturated rings. The van der Waals surface area contributed by atoms with Crippen molar-refractivity contribution in [2.45, 2.75) is 42.9 Å². The maximum absolute atomic E-state index is 12.6. The molecule has 0 bridgehead atoms. The van der Waals surface area contributed by atoms with Crippen LogP contribution < -0.4 is 5.32 Å². The molecule has 1 aliphatic rings.